The normalized spacial score (nSPS) is 21.6. The third kappa shape index (κ3) is 3.17. The molecule has 1 aromatic heterocycles. The number of carbonyl (C=O) groups excluding carboxylic acids is 1. The first-order valence-corrected chi connectivity index (χ1v) is 6.07. The van der Waals surface area contributed by atoms with Gasteiger partial charge >= 0.3 is 0 Å². The van der Waals surface area contributed by atoms with Crippen LogP contribution in [0.15, 0.2) is 16.6 Å². The summed E-state index contributed by atoms with van der Waals surface area (Å²) < 4.78 is 1.87. The van der Waals surface area contributed by atoms with Crippen molar-refractivity contribution in [3.63, 3.8) is 0 Å². The zero-order chi connectivity index (χ0) is 10.7. The summed E-state index contributed by atoms with van der Waals surface area (Å²) >= 11 is 1.49. The highest BCUT2D eigenvalue weighted by Crippen LogP contribution is 2.07. The molecule has 2 rings (SSSR count). The standard InChI is InChI=1S/C10H15N3OS.ClH/c1-13-6-7-15-10(13)12-9(14)8-4-2-3-5-11-8;/h6-8,11H,2-5H2,1H3;1H/t8-;/m1./s1. The fourth-order valence-corrected chi connectivity index (χ4v) is 2.40. The molecule has 1 amide bonds. The molecule has 0 radical (unpaired) electrons. The highest BCUT2D eigenvalue weighted by atomic mass is 35.5. The van der Waals surface area contributed by atoms with E-state index in [9.17, 15) is 4.79 Å². The van der Waals surface area contributed by atoms with E-state index < -0.39 is 0 Å². The van der Waals surface area contributed by atoms with Gasteiger partial charge in [-0.25, -0.2) is 0 Å². The maximum Gasteiger partial charge on any atom is 0.265 e. The molecule has 16 heavy (non-hydrogen) atoms. The maximum atomic E-state index is 11.8. The Hall–Kier alpha value is -0.650. The van der Waals surface area contributed by atoms with Crippen LogP contribution in [0.25, 0.3) is 0 Å². The van der Waals surface area contributed by atoms with E-state index in [0.29, 0.717) is 0 Å². The summed E-state index contributed by atoms with van der Waals surface area (Å²) in [6.07, 6.45) is 5.11. The van der Waals surface area contributed by atoms with Crippen LogP contribution >= 0.6 is 23.7 Å². The van der Waals surface area contributed by atoms with Crippen molar-refractivity contribution in [1.82, 2.24) is 9.88 Å². The van der Waals surface area contributed by atoms with Crippen molar-refractivity contribution in [1.29, 1.82) is 0 Å². The van der Waals surface area contributed by atoms with E-state index in [2.05, 4.69) is 10.3 Å². The first kappa shape index (κ1) is 13.4. The second-order valence-corrected chi connectivity index (χ2v) is 4.62. The minimum atomic E-state index is -0.0687. The molecular weight excluding hydrogens is 246 g/mol. The number of rotatable bonds is 1. The minimum Gasteiger partial charge on any atom is -0.327 e. The Bertz CT molecular complexity index is 406. The second kappa shape index (κ2) is 6.18. The van der Waals surface area contributed by atoms with E-state index in [1.54, 1.807) is 0 Å². The summed E-state index contributed by atoms with van der Waals surface area (Å²) in [6.45, 7) is 0.933. The van der Waals surface area contributed by atoms with Gasteiger partial charge in [0.1, 0.15) is 0 Å². The number of amides is 1. The van der Waals surface area contributed by atoms with Crippen LogP contribution in [0.5, 0.6) is 0 Å². The Morgan fingerprint density at radius 2 is 2.44 bits per heavy atom. The molecule has 1 aliphatic heterocycles. The summed E-state index contributed by atoms with van der Waals surface area (Å²) in [5.41, 5.74) is 0. The van der Waals surface area contributed by atoms with Gasteiger partial charge in [0.2, 0.25) is 0 Å². The largest absolute Gasteiger partial charge is 0.327 e. The van der Waals surface area contributed by atoms with Crippen LogP contribution in [-0.2, 0) is 11.8 Å². The number of halogens is 1. The lowest BCUT2D eigenvalue weighted by Crippen LogP contribution is -2.40. The average molecular weight is 262 g/mol. The van der Waals surface area contributed by atoms with E-state index >= 15 is 0 Å². The second-order valence-electron chi connectivity index (χ2n) is 3.75. The predicted octanol–water partition coefficient (Wildman–Crippen LogP) is 1.08. The number of carbonyl (C=O) groups is 1. The SMILES string of the molecule is Cl.Cn1ccsc1=NC(=O)[C@H]1CCCCN1. The number of aryl methyl sites for hydroxylation is 1. The van der Waals surface area contributed by atoms with Gasteiger partial charge in [0.25, 0.3) is 5.91 Å². The summed E-state index contributed by atoms with van der Waals surface area (Å²) in [7, 11) is 1.90. The number of thiazole rings is 1. The first-order chi connectivity index (χ1) is 7.27. The van der Waals surface area contributed by atoms with Crippen LogP contribution < -0.4 is 10.1 Å². The van der Waals surface area contributed by atoms with Crippen molar-refractivity contribution in [2.75, 3.05) is 6.54 Å². The maximum absolute atomic E-state index is 11.8. The number of aromatic nitrogens is 1. The lowest BCUT2D eigenvalue weighted by molar-refractivity contribution is -0.120. The molecule has 0 bridgehead atoms. The van der Waals surface area contributed by atoms with Gasteiger partial charge < -0.3 is 9.88 Å². The minimum absolute atomic E-state index is 0. The van der Waals surface area contributed by atoms with E-state index in [0.717, 1.165) is 30.6 Å². The van der Waals surface area contributed by atoms with Gasteiger partial charge in [-0.3, -0.25) is 4.79 Å². The van der Waals surface area contributed by atoms with Gasteiger partial charge in [-0.2, -0.15) is 4.99 Å². The predicted molar refractivity (Wildman–Crippen MR) is 66.7 cm³/mol. The molecule has 1 aliphatic rings. The summed E-state index contributed by atoms with van der Waals surface area (Å²) in [5.74, 6) is -0.0345. The molecule has 0 saturated carbocycles. The van der Waals surface area contributed by atoms with E-state index in [1.807, 2.05) is 23.2 Å². The first-order valence-electron chi connectivity index (χ1n) is 5.19. The number of hydrogen-bond donors (Lipinski definition) is 1. The molecule has 0 unspecified atom stereocenters. The zero-order valence-corrected chi connectivity index (χ0v) is 10.8. The molecule has 2 heterocycles. The lowest BCUT2D eigenvalue weighted by atomic mass is 10.0. The molecule has 0 spiro atoms. The monoisotopic (exact) mass is 261 g/mol. The Labute approximate surface area is 105 Å². The van der Waals surface area contributed by atoms with Crippen molar-refractivity contribution in [3.8, 4) is 0 Å². The van der Waals surface area contributed by atoms with Crippen molar-refractivity contribution in [2.45, 2.75) is 25.3 Å². The average Bonchev–Trinajstić information content (AvgIpc) is 2.66. The molecule has 1 saturated heterocycles. The lowest BCUT2D eigenvalue weighted by Gasteiger charge is -2.19. The number of nitrogens with one attached hydrogen (secondary N) is 1. The fourth-order valence-electron chi connectivity index (χ4n) is 1.67. The molecule has 4 nitrogen and oxygen atoms in total. The molecule has 1 fully saturated rings. The Kier molecular flexibility index (Phi) is 5.18. The molecule has 1 aromatic rings. The van der Waals surface area contributed by atoms with Crippen LogP contribution in [0.4, 0.5) is 0 Å². The summed E-state index contributed by atoms with van der Waals surface area (Å²) in [5, 5.41) is 5.13. The van der Waals surface area contributed by atoms with Crippen molar-refractivity contribution < 1.29 is 4.79 Å². The van der Waals surface area contributed by atoms with E-state index in [1.165, 1.54) is 11.3 Å². The summed E-state index contributed by atoms with van der Waals surface area (Å²) in [6, 6.07) is -0.0687. The summed E-state index contributed by atoms with van der Waals surface area (Å²) in [4.78, 5) is 16.7. The van der Waals surface area contributed by atoms with Crippen LogP contribution in [0.1, 0.15) is 19.3 Å². The van der Waals surface area contributed by atoms with E-state index in [-0.39, 0.29) is 24.4 Å². The Morgan fingerprint density at radius 3 is 3.00 bits per heavy atom. The topological polar surface area (TPSA) is 46.4 Å². The molecule has 6 heteroatoms. The molecule has 1 N–H and O–H groups in total. The number of nitrogens with zero attached hydrogens (tertiary/aromatic N) is 2. The molecule has 1 atom stereocenters. The highest BCUT2D eigenvalue weighted by Gasteiger charge is 2.19. The van der Waals surface area contributed by atoms with Gasteiger partial charge in [-0.1, -0.05) is 6.42 Å². The van der Waals surface area contributed by atoms with Crippen LogP contribution in [0, 0.1) is 0 Å². The van der Waals surface area contributed by atoms with Crippen LogP contribution in [-0.4, -0.2) is 23.1 Å². The molecule has 90 valence electrons. The number of piperidine rings is 1. The van der Waals surface area contributed by atoms with Crippen molar-refractivity contribution in [2.24, 2.45) is 12.0 Å². The van der Waals surface area contributed by atoms with Crippen molar-refractivity contribution >= 4 is 29.7 Å². The smallest absolute Gasteiger partial charge is 0.265 e. The molecular formula is C10H16ClN3OS. The van der Waals surface area contributed by atoms with Gasteiger partial charge in [0.15, 0.2) is 4.80 Å². The quantitative estimate of drug-likeness (QED) is 0.822. The van der Waals surface area contributed by atoms with E-state index in [4.69, 9.17) is 0 Å². The molecule has 0 aliphatic carbocycles. The zero-order valence-electron chi connectivity index (χ0n) is 9.18. The highest BCUT2D eigenvalue weighted by molar-refractivity contribution is 7.07. The third-order valence-electron chi connectivity index (χ3n) is 2.57. The molecule has 0 aromatic carbocycles. The Morgan fingerprint density at radius 1 is 1.62 bits per heavy atom. The van der Waals surface area contributed by atoms with Crippen LogP contribution in [0.2, 0.25) is 0 Å². The van der Waals surface area contributed by atoms with Gasteiger partial charge in [0, 0.05) is 18.6 Å². The third-order valence-corrected chi connectivity index (χ3v) is 3.42. The number of hydrogen-bond acceptors (Lipinski definition) is 3. The van der Waals surface area contributed by atoms with Gasteiger partial charge in [0.05, 0.1) is 6.04 Å². The van der Waals surface area contributed by atoms with Crippen LogP contribution in [0.3, 0.4) is 0 Å². The van der Waals surface area contributed by atoms with Gasteiger partial charge in [-0.15, -0.1) is 23.7 Å². The van der Waals surface area contributed by atoms with Gasteiger partial charge in [-0.05, 0) is 19.4 Å². The Balaban J connectivity index is 0.00000128. The van der Waals surface area contributed by atoms with Crippen molar-refractivity contribution in [3.05, 3.63) is 16.4 Å². The fraction of sp³-hybridized carbons (Fsp3) is 0.600.